The van der Waals surface area contributed by atoms with Crippen LogP contribution in [0.5, 0.6) is 0 Å². The van der Waals surface area contributed by atoms with Gasteiger partial charge in [0.15, 0.2) is 0 Å². The molecule has 0 amide bonds. The summed E-state index contributed by atoms with van der Waals surface area (Å²) in [6, 6.07) is 8.59. The van der Waals surface area contributed by atoms with Crippen molar-refractivity contribution >= 4 is 33.4 Å². The number of nitrogens with one attached hydrogen (secondary N) is 1. The van der Waals surface area contributed by atoms with Gasteiger partial charge in [-0.1, -0.05) is 0 Å². The second-order valence-electron chi connectivity index (χ2n) is 4.54. The zero-order valence-corrected chi connectivity index (χ0v) is 13.0. The van der Waals surface area contributed by atoms with Crippen LogP contribution in [-0.2, 0) is 0 Å². The number of carbonyl (C=O) groups is 1. The summed E-state index contributed by atoms with van der Waals surface area (Å²) in [5, 5.41) is 21.2. The predicted molar refractivity (Wildman–Crippen MR) is 82.8 cm³/mol. The summed E-state index contributed by atoms with van der Waals surface area (Å²) >= 11 is 3.32. The number of halogens is 1. The Morgan fingerprint density at radius 3 is 2.67 bits per heavy atom. The Kier molecular flexibility index (Phi) is 4.24. The number of hydrogen-bond acceptors (Lipinski definition) is 4. The zero-order valence-electron chi connectivity index (χ0n) is 11.4. The van der Waals surface area contributed by atoms with Gasteiger partial charge in [-0.2, -0.15) is 5.26 Å². The molecule has 0 fully saturated rings. The van der Waals surface area contributed by atoms with Crippen LogP contribution in [0.15, 0.2) is 28.7 Å². The number of carboxylic acid groups (broad SMARTS) is 1. The molecule has 0 spiro atoms. The van der Waals surface area contributed by atoms with Crippen molar-refractivity contribution in [1.82, 2.24) is 4.98 Å². The summed E-state index contributed by atoms with van der Waals surface area (Å²) in [6.45, 7) is 3.70. The first kappa shape index (κ1) is 15.0. The lowest BCUT2D eigenvalue weighted by Gasteiger charge is -2.12. The van der Waals surface area contributed by atoms with Crippen molar-refractivity contribution in [2.45, 2.75) is 13.8 Å². The molecule has 0 aliphatic rings. The molecule has 0 aliphatic heterocycles. The van der Waals surface area contributed by atoms with Gasteiger partial charge in [0.2, 0.25) is 0 Å². The zero-order chi connectivity index (χ0) is 15.6. The van der Waals surface area contributed by atoms with Crippen molar-refractivity contribution in [2.75, 3.05) is 5.32 Å². The van der Waals surface area contributed by atoms with Crippen molar-refractivity contribution in [1.29, 1.82) is 5.26 Å². The number of nitriles is 1. The molecule has 0 atom stereocenters. The molecule has 2 aromatic rings. The molecule has 0 bridgehead atoms. The maximum Gasteiger partial charge on any atom is 0.335 e. The van der Waals surface area contributed by atoms with E-state index in [4.69, 9.17) is 5.11 Å². The minimum atomic E-state index is -0.996. The Bertz CT molecular complexity index is 766. The number of aromatic carboxylic acids is 1. The molecule has 0 aliphatic carbocycles. The van der Waals surface area contributed by atoms with E-state index in [1.54, 1.807) is 6.07 Å². The van der Waals surface area contributed by atoms with Gasteiger partial charge < -0.3 is 10.4 Å². The Morgan fingerprint density at radius 1 is 1.38 bits per heavy atom. The molecule has 1 aromatic heterocycles. The molecule has 1 aromatic carbocycles. The number of anilines is 2. The van der Waals surface area contributed by atoms with Crippen molar-refractivity contribution in [3.05, 3.63) is 51.1 Å². The predicted octanol–water partition coefficient (Wildman–Crippen LogP) is 3.77. The van der Waals surface area contributed by atoms with Gasteiger partial charge in [-0.25, -0.2) is 9.78 Å². The summed E-state index contributed by atoms with van der Waals surface area (Å²) in [6.07, 6.45) is 0. The van der Waals surface area contributed by atoms with Crippen LogP contribution in [-0.4, -0.2) is 16.1 Å². The highest BCUT2D eigenvalue weighted by atomic mass is 79.9. The average molecular weight is 346 g/mol. The third-order valence-electron chi connectivity index (χ3n) is 2.93. The maximum absolute atomic E-state index is 10.9. The molecule has 0 unspecified atom stereocenters. The fraction of sp³-hybridized carbons (Fsp3) is 0.133. The van der Waals surface area contributed by atoms with Crippen LogP contribution in [0.2, 0.25) is 0 Å². The SMILES string of the molecule is Cc1cc(C)c(C#N)c(Nc2ccc(C(=O)O)cc2Br)n1. The Hall–Kier alpha value is -2.39. The number of hydrogen-bond donors (Lipinski definition) is 2. The van der Waals surface area contributed by atoms with E-state index in [9.17, 15) is 10.1 Å². The number of aryl methyl sites for hydroxylation is 2. The summed E-state index contributed by atoms with van der Waals surface area (Å²) < 4.78 is 0.590. The standard InChI is InChI=1S/C15H12BrN3O2/c1-8-5-9(2)18-14(11(8)7-17)19-13-4-3-10(15(20)21)6-12(13)16/h3-6H,1-2H3,(H,18,19)(H,20,21). The molecular formula is C15H12BrN3O2. The van der Waals surface area contributed by atoms with E-state index in [0.29, 0.717) is 21.5 Å². The van der Waals surface area contributed by atoms with E-state index >= 15 is 0 Å². The fourth-order valence-electron chi connectivity index (χ4n) is 1.95. The number of pyridine rings is 1. The van der Waals surface area contributed by atoms with Crippen molar-refractivity contribution in [3.63, 3.8) is 0 Å². The van der Waals surface area contributed by atoms with E-state index in [1.165, 1.54) is 12.1 Å². The minimum Gasteiger partial charge on any atom is -0.478 e. The lowest BCUT2D eigenvalue weighted by molar-refractivity contribution is 0.0697. The van der Waals surface area contributed by atoms with Gasteiger partial charge in [-0.05, 0) is 59.6 Å². The van der Waals surface area contributed by atoms with Gasteiger partial charge >= 0.3 is 5.97 Å². The van der Waals surface area contributed by atoms with Gasteiger partial charge in [-0.3, -0.25) is 0 Å². The highest BCUT2D eigenvalue weighted by Crippen LogP contribution is 2.28. The lowest BCUT2D eigenvalue weighted by Crippen LogP contribution is -2.02. The van der Waals surface area contributed by atoms with Gasteiger partial charge in [0.1, 0.15) is 11.9 Å². The smallest absolute Gasteiger partial charge is 0.335 e. The third kappa shape index (κ3) is 3.20. The van der Waals surface area contributed by atoms with Crippen LogP contribution in [0, 0.1) is 25.2 Å². The molecule has 6 heteroatoms. The van der Waals surface area contributed by atoms with Gasteiger partial charge in [0, 0.05) is 10.2 Å². The number of carboxylic acids is 1. The second kappa shape index (κ2) is 5.94. The van der Waals surface area contributed by atoms with E-state index in [0.717, 1.165) is 11.3 Å². The lowest BCUT2D eigenvalue weighted by atomic mass is 10.1. The molecule has 5 nitrogen and oxygen atoms in total. The molecular weight excluding hydrogens is 334 g/mol. The van der Waals surface area contributed by atoms with Crippen molar-refractivity contribution in [2.24, 2.45) is 0 Å². The minimum absolute atomic E-state index is 0.182. The van der Waals surface area contributed by atoms with Crippen LogP contribution in [0.1, 0.15) is 27.2 Å². The van der Waals surface area contributed by atoms with Crippen LogP contribution in [0.3, 0.4) is 0 Å². The molecule has 0 saturated heterocycles. The Labute approximate surface area is 130 Å². The van der Waals surface area contributed by atoms with E-state index in [2.05, 4.69) is 32.3 Å². The number of rotatable bonds is 3. The van der Waals surface area contributed by atoms with Crippen LogP contribution < -0.4 is 5.32 Å². The largest absolute Gasteiger partial charge is 0.478 e. The molecule has 2 rings (SSSR count). The first-order valence-corrected chi connectivity index (χ1v) is 6.90. The molecule has 0 radical (unpaired) electrons. The van der Waals surface area contributed by atoms with Gasteiger partial charge in [-0.15, -0.1) is 0 Å². The highest BCUT2D eigenvalue weighted by Gasteiger charge is 2.12. The van der Waals surface area contributed by atoms with Crippen LogP contribution in [0.4, 0.5) is 11.5 Å². The fourth-order valence-corrected chi connectivity index (χ4v) is 2.42. The molecule has 1 heterocycles. The molecule has 0 saturated carbocycles. The third-order valence-corrected chi connectivity index (χ3v) is 3.58. The van der Waals surface area contributed by atoms with E-state index in [1.807, 2.05) is 19.9 Å². The van der Waals surface area contributed by atoms with Crippen LogP contribution in [0.25, 0.3) is 0 Å². The summed E-state index contributed by atoms with van der Waals surface area (Å²) in [5.41, 5.74) is 2.93. The molecule has 21 heavy (non-hydrogen) atoms. The topological polar surface area (TPSA) is 86.0 Å². The number of aromatic nitrogens is 1. The van der Waals surface area contributed by atoms with Crippen LogP contribution >= 0.6 is 15.9 Å². The first-order chi connectivity index (χ1) is 9.92. The monoisotopic (exact) mass is 345 g/mol. The normalized spacial score (nSPS) is 10.0. The summed E-state index contributed by atoms with van der Waals surface area (Å²) in [5.74, 6) is -0.539. The van der Waals surface area contributed by atoms with Gasteiger partial charge in [0.25, 0.3) is 0 Å². The van der Waals surface area contributed by atoms with Crippen molar-refractivity contribution in [3.8, 4) is 6.07 Å². The molecule has 106 valence electrons. The maximum atomic E-state index is 10.9. The van der Waals surface area contributed by atoms with Crippen molar-refractivity contribution < 1.29 is 9.90 Å². The van der Waals surface area contributed by atoms with E-state index in [-0.39, 0.29) is 5.56 Å². The second-order valence-corrected chi connectivity index (χ2v) is 5.40. The average Bonchev–Trinajstić information content (AvgIpc) is 2.40. The van der Waals surface area contributed by atoms with E-state index < -0.39 is 5.97 Å². The quantitative estimate of drug-likeness (QED) is 0.883. The first-order valence-electron chi connectivity index (χ1n) is 6.10. The summed E-state index contributed by atoms with van der Waals surface area (Å²) in [7, 11) is 0. The van der Waals surface area contributed by atoms with Gasteiger partial charge in [0.05, 0.1) is 16.8 Å². The number of nitrogens with zero attached hydrogens (tertiary/aromatic N) is 2. The Balaban J connectivity index is 2.44. The molecule has 2 N–H and O–H groups in total. The summed E-state index contributed by atoms with van der Waals surface area (Å²) in [4.78, 5) is 15.2. The number of benzene rings is 1. The highest BCUT2D eigenvalue weighted by molar-refractivity contribution is 9.10. The Morgan fingerprint density at radius 2 is 2.10 bits per heavy atom.